The fraction of sp³-hybridized carbons (Fsp3) is 0.500. The monoisotopic (exact) mass is 674 g/mol. The molecule has 2 fully saturated rings. The normalized spacial score (nSPS) is 18.6. The SMILES string of the molecule is Cc1cc(C(=O)N[C@@H](Cc2cccc3ccccc23)C(=O)N[C@@H](CC(C)C)C(=O)N[C@@H](C[C@@H]2CCCNC2=O)C(O)C(=O)NC2CC2)no1. The predicted molar refractivity (Wildman–Crippen MR) is 181 cm³/mol. The molecule has 1 aromatic heterocycles. The van der Waals surface area contributed by atoms with E-state index in [9.17, 15) is 29.1 Å². The number of nitrogens with one attached hydrogen (secondary N) is 5. The third kappa shape index (κ3) is 9.65. The van der Waals surface area contributed by atoms with Gasteiger partial charge < -0.3 is 36.2 Å². The molecule has 5 rings (SSSR count). The molecule has 2 heterocycles. The van der Waals surface area contributed by atoms with Crippen molar-refractivity contribution in [3.05, 3.63) is 65.5 Å². The molecule has 2 aliphatic rings. The number of rotatable bonds is 15. The van der Waals surface area contributed by atoms with Gasteiger partial charge in [-0.1, -0.05) is 61.5 Å². The Labute approximate surface area is 285 Å². The number of hydrogen-bond donors (Lipinski definition) is 6. The number of aromatic nitrogens is 1. The molecule has 0 radical (unpaired) electrons. The summed E-state index contributed by atoms with van der Waals surface area (Å²) in [4.78, 5) is 66.7. The van der Waals surface area contributed by atoms with Crippen molar-refractivity contribution in [2.45, 2.75) is 96.0 Å². The van der Waals surface area contributed by atoms with Crippen LogP contribution in [0.5, 0.6) is 0 Å². The highest BCUT2D eigenvalue weighted by Gasteiger charge is 2.37. The molecule has 3 aromatic rings. The number of carbonyl (C=O) groups is 5. The van der Waals surface area contributed by atoms with E-state index in [1.54, 1.807) is 6.92 Å². The number of aliphatic hydroxyl groups excluding tert-OH is 1. The van der Waals surface area contributed by atoms with E-state index in [-0.39, 0.29) is 42.8 Å². The lowest BCUT2D eigenvalue weighted by Gasteiger charge is -2.31. The van der Waals surface area contributed by atoms with Crippen molar-refractivity contribution in [3.63, 3.8) is 0 Å². The van der Waals surface area contributed by atoms with Gasteiger partial charge in [0.25, 0.3) is 11.8 Å². The summed E-state index contributed by atoms with van der Waals surface area (Å²) >= 11 is 0. The van der Waals surface area contributed by atoms with Gasteiger partial charge in [-0.2, -0.15) is 0 Å². The maximum atomic E-state index is 14.1. The number of aryl methyl sites for hydroxylation is 1. The highest BCUT2D eigenvalue weighted by molar-refractivity contribution is 5.98. The van der Waals surface area contributed by atoms with Gasteiger partial charge >= 0.3 is 0 Å². The second kappa shape index (κ2) is 16.1. The van der Waals surface area contributed by atoms with Gasteiger partial charge in [-0.3, -0.25) is 24.0 Å². The summed E-state index contributed by atoms with van der Waals surface area (Å²) in [5, 5.41) is 30.8. The second-order valence-corrected chi connectivity index (χ2v) is 13.6. The van der Waals surface area contributed by atoms with Crippen LogP contribution in [-0.4, -0.2) is 76.6 Å². The number of piperidine rings is 1. The summed E-state index contributed by atoms with van der Waals surface area (Å²) in [6.07, 6.45) is 1.73. The largest absolute Gasteiger partial charge is 0.381 e. The molecule has 13 heteroatoms. The fourth-order valence-corrected chi connectivity index (χ4v) is 6.19. The van der Waals surface area contributed by atoms with E-state index in [1.165, 1.54) is 6.07 Å². The van der Waals surface area contributed by atoms with E-state index in [0.29, 0.717) is 18.7 Å². The molecule has 49 heavy (non-hydrogen) atoms. The summed E-state index contributed by atoms with van der Waals surface area (Å²) in [7, 11) is 0. The minimum atomic E-state index is -1.60. The molecule has 1 unspecified atom stereocenters. The standard InChI is InChI=1S/C36H46N6O7/c1-20(2)16-28(33(45)39-27(19-24-11-7-15-37-32(24)44)31(43)36(48)38-25-13-14-25)40-34(46)29(41-35(47)30-17-21(3)49-42-30)18-23-10-6-9-22-8-4-5-12-26(22)23/h4-6,8-10,12,17,20,24-25,27-29,31,43H,7,11,13-16,18-19H2,1-3H3,(H,37,44)(H,38,48)(H,39,45)(H,40,46)(H,41,47)/t24-,27-,28-,29-,31?/m0/s1. The number of benzene rings is 2. The van der Waals surface area contributed by atoms with E-state index in [0.717, 1.165) is 35.6 Å². The molecule has 1 aliphatic carbocycles. The van der Waals surface area contributed by atoms with Crippen LogP contribution >= 0.6 is 0 Å². The number of fused-ring (bicyclic) bond motifs is 1. The maximum absolute atomic E-state index is 14.1. The highest BCUT2D eigenvalue weighted by Crippen LogP contribution is 2.23. The van der Waals surface area contributed by atoms with Crippen LogP contribution in [0.2, 0.25) is 0 Å². The molecular weight excluding hydrogens is 628 g/mol. The topological polar surface area (TPSA) is 192 Å². The molecule has 5 atom stereocenters. The van der Waals surface area contributed by atoms with Crippen molar-refractivity contribution in [1.29, 1.82) is 0 Å². The van der Waals surface area contributed by atoms with E-state index < -0.39 is 53.8 Å². The summed E-state index contributed by atoms with van der Waals surface area (Å²) in [5.74, 6) is -2.73. The van der Waals surface area contributed by atoms with Crippen molar-refractivity contribution < 1.29 is 33.6 Å². The molecular formula is C36H46N6O7. The third-order valence-corrected chi connectivity index (χ3v) is 8.97. The molecule has 1 aliphatic heterocycles. The van der Waals surface area contributed by atoms with Crippen LogP contribution in [0.1, 0.15) is 74.2 Å². The van der Waals surface area contributed by atoms with Gasteiger partial charge in [0.2, 0.25) is 17.7 Å². The molecule has 13 nitrogen and oxygen atoms in total. The first kappa shape index (κ1) is 35.5. The second-order valence-electron chi connectivity index (χ2n) is 13.6. The van der Waals surface area contributed by atoms with Crippen LogP contribution in [0.25, 0.3) is 10.8 Å². The van der Waals surface area contributed by atoms with Crippen LogP contribution in [0.3, 0.4) is 0 Å². The van der Waals surface area contributed by atoms with Gasteiger partial charge in [0, 0.05) is 31.0 Å². The molecule has 0 bridgehead atoms. The number of hydrogen-bond acceptors (Lipinski definition) is 8. The quantitative estimate of drug-likeness (QED) is 0.141. The van der Waals surface area contributed by atoms with Crippen molar-refractivity contribution >= 4 is 40.3 Å². The summed E-state index contributed by atoms with van der Waals surface area (Å²) < 4.78 is 5.06. The predicted octanol–water partition coefficient (Wildman–Crippen LogP) is 2.05. The Balaban J connectivity index is 1.37. The number of nitrogens with zero attached hydrogens (tertiary/aromatic N) is 1. The third-order valence-electron chi connectivity index (χ3n) is 8.97. The first-order valence-corrected chi connectivity index (χ1v) is 17.1. The van der Waals surface area contributed by atoms with Gasteiger partial charge in [0.05, 0.1) is 6.04 Å². The van der Waals surface area contributed by atoms with E-state index in [1.807, 2.05) is 56.3 Å². The minimum absolute atomic E-state index is 0.0118. The van der Waals surface area contributed by atoms with Crippen molar-refractivity contribution in [1.82, 2.24) is 31.7 Å². The molecule has 2 aromatic carbocycles. The smallest absolute Gasteiger partial charge is 0.274 e. The number of carbonyl (C=O) groups excluding carboxylic acids is 5. The van der Waals surface area contributed by atoms with Crippen LogP contribution in [0.15, 0.2) is 53.1 Å². The average Bonchev–Trinajstić information content (AvgIpc) is 3.79. The lowest BCUT2D eigenvalue weighted by atomic mass is 9.89. The van der Waals surface area contributed by atoms with Crippen LogP contribution in [0.4, 0.5) is 0 Å². The molecule has 0 spiro atoms. The number of amides is 5. The molecule has 262 valence electrons. The Morgan fingerprint density at radius 3 is 2.39 bits per heavy atom. The first-order valence-electron chi connectivity index (χ1n) is 17.1. The van der Waals surface area contributed by atoms with E-state index in [2.05, 4.69) is 31.7 Å². The first-order chi connectivity index (χ1) is 23.5. The van der Waals surface area contributed by atoms with Crippen molar-refractivity contribution in [3.8, 4) is 0 Å². The average molecular weight is 675 g/mol. The molecule has 1 saturated heterocycles. The molecule has 1 saturated carbocycles. The maximum Gasteiger partial charge on any atom is 0.274 e. The Morgan fingerprint density at radius 2 is 1.69 bits per heavy atom. The zero-order chi connectivity index (χ0) is 35.1. The van der Waals surface area contributed by atoms with Crippen LogP contribution in [-0.2, 0) is 25.6 Å². The Bertz CT molecular complexity index is 1660. The molecule has 6 N–H and O–H groups in total. The van der Waals surface area contributed by atoms with Gasteiger partial charge in [-0.25, -0.2) is 0 Å². The van der Waals surface area contributed by atoms with Gasteiger partial charge in [-0.15, -0.1) is 0 Å². The van der Waals surface area contributed by atoms with Crippen molar-refractivity contribution in [2.24, 2.45) is 11.8 Å². The zero-order valence-electron chi connectivity index (χ0n) is 28.2. The van der Waals surface area contributed by atoms with Crippen LogP contribution < -0.4 is 26.6 Å². The van der Waals surface area contributed by atoms with Gasteiger partial charge in [0.1, 0.15) is 17.8 Å². The minimum Gasteiger partial charge on any atom is -0.381 e. The Morgan fingerprint density at radius 1 is 0.959 bits per heavy atom. The summed E-state index contributed by atoms with van der Waals surface area (Å²) in [6.45, 7) is 6.00. The zero-order valence-corrected chi connectivity index (χ0v) is 28.2. The lowest BCUT2D eigenvalue weighted by molar-refractivity contribution is -0.136. The van der Waals surface area contributed by atoms with E-state index >= 15 is 0 Å². The van der Waals surface area contributed by atoms with Gasteiger partial charge in [0.15, 0.2) is 11.8 Å². The lowest BCUT2D eigenvalue weighted by Crippen LogP contribution is -2.59. The fourth-order valence-electron chi connectivity index (χ4n) is 6.19. The van der Waals surface area contributed by atoms with Crippen LogP contribution in [0, 0.1) is 18.8 Å². The highest BCUT2D eigenvalue weighted by atomic mass is 16.5. The summed E-state index contributed by atoms with van der Waals surface area (Å²) in [6, 6.07) is 11.6. The summed E-state index contributed by atoms with van der Waals surface area (Å²) in [5.41, 5.74) is 0.827. The van der Waals surface area contributed by atoms with Gasteiger partial charge in [-0.05, 0) is 67.7 Å². The Hall–Kier alpha value is -4.78. The Kier molecular flexibility index (Phi) is 11.7. The number of aliphatic hydroxyl groups is 1. The molecule has 5 amide bonds. The van der Waals surface area contributed by atoms with Crippen molar-refractivity contribution in [2.75, 3.05) is 6.54 Å². The van der Waals surface area contributed by atoms with E-state index in [4.69, 9.17) is 4.52 Å².